The van der Waals surface area contributed by atoms with E-state index in [1.165, 1.54) is 6.92 Å². The lowest BCUT2D eigenvalue weighted by Gasteiger charge is -2.19. The first-order valence-corrected chi connectivity index (χ1v) is 11.0. The molecule has 2 N–H and O–H groups in total. The largest absolute Gasteiger partial charge is 0.370 e. The topological polar surface area (TPSA) is 63.1 Å². The van der Waals surface area contributed by atoms with Crippen LogP contribution in [0.5, 0.6) is 0 Å². The average molecular weight is 436 g/mol. The number of benzene rings is 3. The number of nitrogens with zero attached hydrogens (tertiary/aromatic N) is 1. The number of nitrogens with one attached hydrogen (secondary N) is 2. The summed E-state index contributed by atoms with van der Waals surface area (Å²) in [6.07, 6.45) is 2.02. The van der Waals surface area contributed by atoms with Crippen LogP contribution >= 0.6 is 0 Å². The SMILES string of the molecule is CC(=O)Nc1ccccc1-c1ccc(C(=O)C2Nc3ccccc3Cn3cccc32)cc1C. The Morgan fingerprint density at radius 3 is 2.55 bits per heavy atom. The Balaban J connectivity index is 1.51. The molecule has 1 aromatic heterocycles. The van der Waals surface area contributed by atoms with Crippen molar-refractivity contribution >= 4 is 23.1 Å². The van der Waals surface area contributed by atoms with Crippen LogP contribution in [0.25, 0.3) is 11.1 Å². The maximum Gasteiger partial charge on any atom is 0.221 e. The molecule has 1 atom stereocenters. The number of carbonyl (C=O) groups is 2. The van der Waals surface area contributed by atoms with E-state index >= 15 is 0 Å². The maximum atomic E-state index is 13.7. The summed E-state index contributed by atoms with van der Waals surface area (Å²) in [7, 11) is 0. The van der Waals surface area contributed by atoms with Crippen molar-refractivity contribution in [2.24, 2.45) is 0 Å². The number of para-hydroxylation sites is 2. The molecular formula is C28H25N3O2. The number of amides is 1. The fraction of sp³-hybridized carbons (Fsp3) is 0.143. The maximum absolute atomic E-state index is 13.7. The molecular weight excluding hydrogens is 410 g/mol. The molecule has 0 aliphatic carbocycles. The van der Waals surface area contributed by atoms with E-state index in [2.05, 4.69) is 21.3 Å². The van der Waals surface area contributed by atoms with E-state index in [0.717, 1.165) is 45.9 Å². The second-order valence-corrected chi connectivity index (χ2v) is 8.42. The van der Waals surface area contributed by atoms with Crippen LogP contribution in [0.15, 0.2) is 85.1 Å². The van der Waals surface area contributed by atoms with Crippen molar-refractivity contribution in [3.05, 3.63) is 107 Å². The Morgan fingerprint density at radius 1 is 0.939 bits per heavy atom. The van der Waals surface area contributed by atoms with Crippen molar-refractivity contribution < 1.29 is 9.59 Å². The van der Waals surface area contributed by atoms with Crippen LogP contribution in [-0.2, 0) is 11.3 Å². The summed E-state index contributed by atoms with van der Waals surface area (Å²) in [5.41, 5.74) is 7.39. The van der Waals surface area contributed by atoms with E-state index in [1.807, 2.05) is 85.9 Å². The zero-order valence-corrected chi connectivity index (χ0v) is 18.6. The zero-order valence-electron chi connectivity index (χ0n) is 18.6. The first-order chi connectivity index (χ1) is 16.0. The number of hydrogen-bond donors (Lipinski definition) is 2. The smallest absolute Gasteiger partial charge is 0.221 e. The Hall–Kier alpha value is -4.12. The molecule has 5 rings (SSSR count). The standard InChI is InChI=1S/C28H25N3O2/c1-18-16-20(13-14-22(18)23-9-4-6-11-25(23)29-19(2)32)28(33)27-26-12-7-15-31(26)17-21-8-3-5-10-24(21)30-27/h3-16,27,30H,17H2,1-2H3,(H,29,32). The van der Waals surface area contributed by atoms with Crippen LogP contribution in [0.2, 0.25) is 0 Å². The van der Waals surface area contributed by atoms with Crippen molar-refractivity contribution in [3.63, 3.8) is 0 Å². The summed E-state index contributed by atoms with van der Waals surface area (Å²) in [5, 5.41) is 6.37. The number of fused-ring (bicyclic) bond motifs is 2. The van der Waals surface area contributed by atoms with Crippen molar-refractivity contribution in [1.29, 1.82) is 0 Å². The number of anilines is 2. The predicted molar refractivity (Wildman–Crippen MR) is 132 cm³/mol. The number of ketones is 1. The lowest BCUT2D eigenvalue weighted by atomic mass is 9.93. The minimum Gasteiger partial charge on any atom is -0.370 e. The zero-order chi connectivity index (χ0) is 22.9. The number of aromatic nitrogens is 1. The normalized spacial score (nSPS) is 14.4. The number of Topliss-reactive ketones (excluding diaryl/α,β-unsaturated/α-hetero) is 1. The summed E-state index contributed by atoms with van der Waals surface area (Å²) in [6, 6.07) is 25.1. The molecule has 0 saturated heterocycles. The van der Waals surface area contributed by atoms with Gasteiger partial charge in [-0.3, -0.25) is 9.59 Å². The van der Waals surface area contributed by atoms with Gasteiger partial charge in [-0.25, -0.2) is 0 Å². The van der Waals surface area contributed by atoms with Gasteiger partial charge in [-0.05, 0) is 53.9 Å². The van der Waals surface area contributed by atoms with Crippen molar-refractivity contribution in [3.8, 4) is 11.1 Å². The second kappa shape index (κ2) is 8.43. The van der Waals surface area contributed by atoms with Gasteiger partial charge in [-0.1, -0.05) is 48.5 Å². The molecule has 5 heteroatoms. The average Bonchev–Trinajstić information content (AvgIpc) is 3.19. The Kier molecular flexibility index (Phi) is 5.31. The van der Waals surface area contributed by atoms with Gasteiger partial charge in [-0.15, -0.1) is 0 Å². The monoisotopic (exact) mass is 435 g/mol. The molecule has 0 bridgehead atoms. The van der Waals surface area contributed by atoms with E-state index in [4.69, 9.17) is 0 Å². The van der Waals surface area contributed by atoms with Crippen LogP contribution in [0.4, 0.5) is 11.4 Å². The van der Waals surface area contributed by atoms with Gasteiger partial charge in [0.15, 0.2) is 5.78 Å². The van der Waals surface area contributed by atoms with Gasteiger partial charge in [0.05, 0.1) is 0 Å². The van der Waals surface area contributed by atoms with Crippen LogP contribution in [-0.4, -0.2) is 16.3 Å². The minimum absolute atomic E-state index is 0.0245. The molecule has 3 aromatic carbocycles. The Bertz CT molecular complexity index is 1370. The van der Waals surface area contributed by atoms with Gasteiger partial charge >= 0.3 is 0 Å². The quantitative estimate of drug-likeness (QED) is 0.397. The molecule has 1 aliphatic heterocycles. The first-order valence-electron chi connectivity index (χ1n) is 11.0. The molecule has 4 aromatic rings. The lowest BCUT2D eigenvalue weighted by Crippen LogP contribution is -2.22. The highest BCUT2D eigenvalue weighted by Gasteiger charge is 2.28. The number of hydrogen-bond acceptors (Lipinski definition) is 3. The Labute approximate surface area is 193 Å². The van der Waals surface area contributed by atoms with E-state index < -0.39 is 6.04 Å². The fourth-order valence-electron chi connectivity index (χ4n) is 4.55. The molecule has 2 heterocycles. The summed E-state index contributed by atoms with van der Waals surface area (Å²) in [6.45, 7) is 4.22. The predicted octanol–water partition coefficient (Wildman–Crippen LogP) is 5.82. The highest BCUT2D eigenvalue weighted by Crippen LogP contribution is 2.34. The first kappa shape index (κ1) is 20.8. The van der Waals surface area contributed by atoms with E-state index in [0.29, 0.717) is 5.56 Å². The number of carbonyl (C=O) groups excluding carboxylic acids is 2. The molecule has 0 spiro atoms. The molecule has 1 unspecified atom stereocenters. The van der Waals surface area contributed by atoms with Crippen LogP contribution in [0.3, 0.4) is 0 Å². The molecule has 33 heavy (non-hydrogen) atoms. The third kappa shape index (κ3) is 3.94. The van der Waals surface area contributed by atoms with Gasteiger partial charge in [-0.2, -0.15) is 0 Å². The van der Waals surface area contributed by atoms with E-state index in [1.54, 1.807) is 0 Å². The van der Waals surface area contributed by atoms with E-state index in [9.17, 15) is 9.59 Å². The third-order valence-electron chi connectivity index (χ3n) is 6.12. The highest BCUT2D eigenvalue weighted by molar-refractivity contribution is 6.03. The van der Waals surface area contributed by atoms with E-state index in [-0.39, 0.29) is 11.7 Å². The van der Waals surface area contributed by atoms with Crippen LogP contribution in [0, 0.1) is 6.92 Å². The van der Waals surface area contributed by atoms with Gasteiger partial charge in [0.2, 0.25) is 5.91 Å². The Morgan fingerprint density at radius 2 is 1.73 bits per heavy atom. The number of rotatable bonds is 4. The molecule has 0 fully saturated rings. The second-order valence-electron chi connectivity index (χ2n) is 8.42. The summed E-state index contributed by atoms with van der Waals surface area (Å²) in [5.74, 6) is -0.0916. The molecule has 1 aliphatic rings. The lowest BCUT2D eigenvalue weighted by molar-refractivity contribution is -0.114. The summed E-state index contributed by atoms with van der Waals surface area (Å²) < 4.78 is 2.13. The molecule has 164 valence electrons. The van der Waals surface area contributed by atoms with Gasteiger partial charge < -0.3 is 15.2 Å². The van der Waals surface area contributed by atoms with Gasteiger partial charge in [0.1, 0.15) is 6.04 Å². The summed E-state index contributed by atoms with van der Waals surface area (Å²) >= 11 is 0. The minimum atomic E-state index is -0.472. The van der Waals surface area contributed by atoms with Crippen LogP contribution < -0.4 is 10.6 Å². The van der Waals surface area contributed by atoms with Crippen molar-refractivity contribution in [2.75, 3.05) is 10.6 Å². The number of aryl methyl sites for hydroxylation is 1. The molecule has 0 saturated carbocycles. The van der Waals surface area contributed by atoms with Crippen LogP contribution in [0.1, 0.15) is 40.1 Å². The highest BCUT2D eigenvalue weighted by atomic mass is 16.1. The van der Waals surface area contributed by atoms with Gasteiger partial charge in [0.25, 0.3) is 0 Å². The third-order valence-corrected chi connectivity index (χ3v) is 6.12. The molecule has 1 amide bonds. The van der Waals surface area contributed by atoms with Crippen molar-refractivity contribution in [1.82, 2.24) is 4.57 Å². The van der Waals surface area contributed by atoms with Crippen molar-refractivity contribution in [2.45, 2.75) is 26.4 Å². The van der Waals surface area contributed by atoms with Gasteiger partial charge in [0, 0.05) is 47.9 Å². The summed E-state index contributed by atoms with van der Waals surface area (Å²) in [4.78, 5) is 25.3. The molecule has 5 nitrogen and oxygen atoms in total. The molecule has 0 radical (unpaired) electrons. The fourth-order valence-corrected chi connectivity index (χ4v) is 4.55.